The van der Waals surface area contributed by atoms with Crippen LogP contribution in [0.5, 0.6) is 0 Å². The van der Waals surface area contributed by atoms with Crippen molar-refractivity contribution >= 4 is 37.0 Å². The zero-order chi connectivity index (χ0) is 31.6. The molecule has 0 bridgehead atoms. The predicted molar refractivity (Wildman–Crippen MR) is 168 cm³/mol. The average Bonchev–Trinajstić information content (AvgIpc) is 3.00. The van der Waals surface area contributed by atoms with Crippen molar-refractivity contribution in [2.24, 2.45) is 0 Å². The molecule has 0 fully saturated rings. The number of hydrogen-bond acceptors (Lipinski definition) is 6. The van der Waals surface area contributed by atoms with Gasteiger partial charge in [0.2, 0.25) is 5.91 Å². The molecule has 0 unspecified atom stereocenters. The summed E-state index contributed by atoms with van der Waals surface area (Å²) in [5.74, 6) is -0.490. The first-order valence-electron chi connectivity index (χ1n) is 14.2. The molecular weight excluding hydrogens is 718 g/mol. The number of nitrogens with one attached hydrogen (secondary N) is 2. The minimum atomic E-state index is -1.59. The molecule has 2 amide bonds. The molecule has 0 saturated carbocycles. The van der Waals surface area contributed by atoms with Crippen LogP contribution in [-0.2, 0) is 17.9 Å². The van der Waals surface area contributed by atoms with E-state index in [0.29, 0.717) is 54.7 Å². The third-order valence-electron chi connectivity index (χ3n) is 6.92. The minimum absolute atomic E-state index is 0. The number of halogens is 2. The number of carbonyl (C=O) groups excluding carboxylic acids is 2. The van der Waals surface area contributed by atoms with Gasteiger partial charge < -0.3 is 64.7 Å². The Hall–Kier alpha value is -3.65. The lowest BCUT2D eigenvalue weighted by molar-refractivity contribution is -0.689. The maximum absolute atomic E-state index is 13.2. The van der Waals surface area contributed by atoms with E-state index < -0.39 is 14.2 Å². The SMILES string of the molecule is C=C(C)C(=O)NCCCNC(=O)c1cc(-c2ccc[n+](Cc3cccc(B(O)O)c3)c2)c[n+](Cc2cccc(B(O)O)c2)c1.[Br-].[Br-]. The summed E-state index contributed by atoms with van der Waals surface area (Å²) in [6.45, 7) is 6.89. The Morgan fingerprint density at radius 2 is 1.30 bits per heavy atom. The van der Waals surface area contributed by atoms with Gasteiger partial charge in [0.1, 0.15) is 5.56 Å². The summed E-state index contributed by atoms with van der Waals surface area (Å²) in [5.41, 5.74) is 5.02. The van der Waals surface area contributed by atoms with Crippen molar-refractivity contribution in [3.05, 3.63) is 120 Å². The van der Waals surface area contributed by atoms with Crippen molar-refractivity contribution in [2.45, 2.75) is 26.4 Å². The topological polar surface area (TPSA) is 147 Å². The minimum Gasteiger partial charge on any atom is -1.00 e. The Balaban J connectivity index is 0.00000368. The fourth-order valence-corrected chi connectivity index (χ4v) is 4.67. The molecular formula is C32H36B2Br2N4O6. The summed E-state index contributed by atoms with van der Waals surface area (Å²) in [6.07, 6.45) is 8.08. The molecule has 0 aliphatic carbocycles. The highest BCUT2D eigenvalue weighted by molar-refractivity contribution is 6.58. The van der Waals surface area contributed by atoms with Crippen LogP contribution in [0.25, 0.3) is 11.1 Å². The molecule has 0 radical (unpaired) electrons. The number of carbonyl (C=O) groups is 2. The van der Waals surface area contributed by atoms with Gasteiger partial charge in [0.05, 0.1) is 11.1 Å². The van der Waals surface area contributed by atoms with Crippen molar-refractivity contribution < 1.29 is 72.8 Å². The Kier molecular flexibility index (Phi) is 15.5. The first-order chi connectivity index (χ1) is 21.1. The summed E-state index contributed by atoms with van der Waals surface area (Å²) in [6, 6.07) is 19.7. The number of hydrogen-bond donors (Lipinski definition) is 6. The van der Waals surface area contributed by atoms with Crippen LogP contribution in [0.1, 0.15) is 34.8 Å². The molecule has 10 nitrogen and oxygen atoms in total. The van der Waals surface area contributed by atoms with Gasteiger partial charge in [-0.05, 0) is 36.4 Å². The van der Waals surface area contributed by atoms with E-state index in [4.69, 9.17) is 0 Å². The molecule has 2 aromatic carbocycles. The van der Waals surface area contributed by atoms with E-state index in [9.17, 15) is 29.7 Å². The quantitative estimate of drug-likeness (QED) is 0.0347. The second-order valence-electron chi connectivity index (χ2n) is 10.6. The van der Waals surface area contributed by atoms with Gasteiger partial charge >= 0.3 is 14.2 Å². The number of benzene rings is 2. The number of nitrogens with zero attached hydrogens (tertiary/aromatic N) is 2. The standard InChI is InChI=1S/C32H34B2N4O6.2BrH/c1-23(2)31(39)35-12-6-13-36-32(40)28-17-27(21-38(22-28)19-25-8-4-11-30(16-25)34(43)44)26-9-5-14-37(20-26)18-24-7-3-10-29(15-24)33(41)42;;/h3-5,7-11,14-17,20-22,41-44H,1,6,12-13,18-19H2,2H3;2*1H. The molecule has 4 aromatic rings. The van der Waals surface area contributed by atoms with E-state index in [1.165, 1.54) is 0 Å². The summed E-state index contributed by atoms with van der Waals surface area (Å²) < 4.78 is 3.85. The molecule has 6 N–H and O–H groups in total. The largest absolute Gasteiger partial charge is 1.00 e. The summed E-state index contributed by atoms with van der Waals surface area (Å²) >= 11 is 0. The lowest BCUT2D eigenvalue weighted by Gasteiger charge is -2.09. The van der Waals surface area contributed by atoms with Gasteiger partial charge in [-0.15, -0.1) is 0 Å². The molecule has 4 rings (SSSR count). The summed E-state index contributed by atoms with van der Waals surface area (Å²) in [4.78, 5) is 24.9. The maximum Gasteiger partial charge on any atom is 0.488 e. The number of pyridine rings is 2. The Labute approximate surface area is 290 Å². The molecule has 0 aliphatic heterocycles. The highest BCUT2D eigenvalue weighted by atomic mass is 79.9. The lowest BCUT2D eigenvalue weighted by atomic mass is 9.79. The van der Waals surface area contributed by atoms with Crippen LogP contribution in [0, 0.1) is 0 Å². The van der Waals surface area contributed by atoms with Crippen molar-refractivity contribution in [2.75, 3.05) is 13.1 Å². The molecule has 0 atom stereocenters. The average molecular weight is 754 g/mol. The third kappa shape index (κ3) is 11.3. The molecule has 2 heterocycles. The Morgan fingerprint density at radius 3 is 1.89 bits per heavy atom. The first-order valence-corrected chi connectivity index (χ1v) is 14.2. The highest BCUT2D eigenvalue weighted by Gasteiger charge is 2.19. The van der Waals surface area contributed by atoms with Gasteiger partial charge in [-0.2, -0.15) is 4.57 Å². The van der Waals surface area contributed by atoms with Crippen LogP contribution < -0.4 is 64.7 Å². The van der Waals surface area contributed by atoms with Gasteiger partial charge in [-0.3, -0.25) is 9.59 Å². The lowest BCUT2D eigenvalue weighted by Crippen LogP contribution is -3.00. The molecule has 2 aromatic heterocycles. The van der Waals surface area contributed by atoms with Gasteiger partial charge in [0.25, 0.3) is 5.91 Å². The molecule has 0 aliphatic rings. The van der Waals surface area contributed by atoms with Crippen LogP contribution in [-0.4, -0.2) is 59.2 Å². The fourth-order valence-electron chi connectivity index (χ4n) is 4.67. The van der Waals surface area contributed by atoms with Crippen LogP contribution in [0.2, 0.25) is 0 Å². The normalized spacial score (nSPS) is 10.2. The monoisotopic (exact) mass is 752 g/mol. The molecule has 46 heavy (non-hydrogen) atoms. The Bertz CT molecular complexity index is 1660. The smallest absolute Gasteiger partial charge is 0.488 e. The first kappa shape index (κ1) is 38.5. The van der Waals surface area contributed by atoms with Gasteiger partial charge in [-0.1, -0.05) is 55.1 Å². The summed E-state index contributed by atoms with van der Waals surface area (Å²) in [5, 5.41) is 44.0. The maximum atomic E-state index is 13.2. The second kappa shape index (κ2) is 18.5. The molecule has 0 saturated heterocycles. The molecule has 0 spiro atoms. The van der Waals surface area contributed by atoms with Crippen molar-refractivity contribution in [3.63, 3.8) is 0 Å². The van der Waals surface area contributed by atoms with Gasteiger partial charge in [0.15, 0.2) is 37.9 Å². The molecule has 240 valence electrons. The van der Waals surface area contributed by atoms with Crippen LogP contribution in [0.3, 0.4) is 0 Å². The number of rotatable bonds is 13. The van der Waals surface area contributed by atoms with Crippen LogP contribution in [0.4, 0.5) is 0 Å². The summed E-state index contributed by atoms with van der Waals surface area (Å²) in [7, 11) is -3.14. The van der Waals surface area contributed by atoms with E-state index in [1.807, 2.05) is 58.1 Å². The zero-order valence-electron chi connectivity index (χ0n) is 25.3. The Morgan fingerprint density at radius 1 is 0.739 bits per heavy atom. The van der Waals surface area contributed by atoms with Crippen molar-refractivity contribution in [1.29, 1.82) is 0 Å². The molecule has 14 heteroatoms. The second-order valence-corrected chi connectivity index (χ2v) is 10.6. The van der Waals surface area contributed by atoms with Gasteiger partial charge in [-0.25, -0.2) is 4.57 Å². The predicted octanol–water partition coefficient (Wildman–Crippen LogP) is -6.80. The highest BCUT2D eigenvalue weighted by Crippen LogP contribution is 2.18. The van der Waals surface area contributed by atoms with E-state index in [2.05, 4.69) is 17.2 Å². The van der Waals surface area contributed by atoms with E-state index in [-0.39, 0.29) is 45.8 Å². The number of amides is 2. The van der Waals surface area contributed by atoms with Gasteiger partial charge in [0, 0.05) is 35.9 Å². The zero-order valence-corrected chi connectivity index (χ0v) is 28.5. The van der Waals surface area contributed by atoms with E-state index >= 15 is 0 Å². The van der Waals surface area contributed by atoms with Crippen LogP contribution in [0.15, 0.2) is 104 Å². The van der Waals surface area contributed by atoms with E-state index in [1.54, 1.807) is 49.5 Å². The van der Waals surface area contributed by atoms with E-state index in [0.717, 1.165) is 22.3 Å². The fraction of sp³-hybridized carbons (Fsp3) is 0.188. The van der Waals surface area contributed by atoms with Crippen molar-refractivity contribution in [3.8, 4) is 11.1 Å². The third-order valence-corrected chi connectivity index (χ3v) is 6.92. The van der Waals surface area contributed by atoms with Crippen LogP contribution >= 0.6 is 0 Å². The van der Waals surface area contributed by atoms with Crippen molar-refractivity contribution in [1.82, 2.24) is 10.6 Å². The number of aromatic nitrogens is 2.